The molecule has 0 radical (unpaired) electrons. The quantitative estimate of drug-likeness (QED) is 0.0505. The van der Waals surface area contributed by atoms with Gasteiger partial charge in [-0.3, -0.25) is 0 Å². The van der Waals surface area contributed by atoms with Crippen LogP contribution in [0.15, 0.2) is 29.8 Å². The predicted molar refractivity (Wildman–Crippen MR) is 245 cm³/mol. The van der Waals surface area contributed by atoms with Gasteiger partial charge < -0.3 is 14.2 Å². The summed E-state index contributed by atoms with van der Waals surface area (Å²) in [5.74, 6) is 6.23. The Hall–Kier alpha value is -1.97. The van der Waals surface area contributed by atoms with E-state index in [0.29, 0.717) is 24.2 Å². The van der Waals surface area contributed by atoms with Gasteiger partial charge in [0.25, 0.3) is 0 Å². The van der Waals surface area contributed by atoms with Gasteiger partial charge in [0.15, 0.2) is 0 Å². The van der Waals surface area contributed by atoms with E-state index in [2.05, 4.69) is 54.5 Å². The van der Waals surface area contributed by atoms with E-state index in [4.69, 9.17) is 14.2 Å². The summed E-state index contributed by atoms with van der Waals surface area (Å²) in [5.41, 5.74) is 2.89. The SMILES string of the molecule is CCCCCCCCCCOc1cc(OCCCCCCCCCC)cc(C(=O)O[C@H]2CC[C@@]3(C)C(=CC[C@H]4[C@@H]5CC[C@H]([C@H](C)CCCC(C)C)[C@@]5(C)CC[C@@H]43)C2)c1. The van der Waals surface area contributed by atoms with Gasteiger partial charge in [-0.25, -0.2) is 4.79 Å². The fraction of sp³-hybridized carbons (Fsp3) is 0.833. The highest BCUT2D eigenvalue weighted by Crippen LogP contribution is 2.67. The van der Waals surface area contributed by atoms with E-state index in [0.717, 1.165) is 79.1 Å². The highest BCUT2D eigenvalue weighted by molar-refractivity contribution is 5.90. The van der Waals surface area contributed by atoms with E-state index >= 15 is 0 Å². The first-order valence-electron chi connectivity index (χ1n) is 25.4. The number of allylic oxidation sites excluding steroid dienone is 1. The lowest BCUT2D eigenvalue weighted by molar-refractivity contribution is -0.0594. The third-order valence-corrected chi connectivity index (χ3v) is 16.2. The molecular weight excluding hydrogens is 713 g/mol. The molecule has 4 heteroatoms. The second-order valence-electron chi connectivity index (χ2n) is 20.9. The lowest BCUT2D eigenvalue weighted by atomic mass is 9.47. The zero-order valence-corrected chi connectivity index (χ0v) is 39.0. The lowest BCUT2D eigenvalue weighted by Crippen LogP contribution is -2.51. The van der Waals surface area contributed by atoms with Crippen molar-refractivity contribution in [3.63, 3.8) is 0 Å². The Morgan fingerprint density at radius 2 is 1.26 bits per heavy atom. The van der Waals surface area contributed by atoms with Gasteiger partial charge in [-0.05, 0) is 116 Å². The number of carbonyl (C=O) groups excluding carboxylic acids is 1. The number of rotatable bonds is 27. The first-order chi connectivity index (χ1) is 28.1. The van der Waals surface area contributed by atoms with Crippen LogP contribution in [0.3, 0.4) is 0 Å². The molecule has 4 aliphatic carbocycles. The molecule has 0 heterocycles. The van der Waals surface area contributed by atoms with Crippen LogP contribution < -0.4 is 9.47 Å². The van der Waals surface area contributed by atoms with E-state index in [1.807, 2.05) is 18.2 Å². The molecule has 0 spiro atoms. The molecule has 3 saturated carbocycles. The first kappa shape index (κ1) is 47.1. The third kappa shape index (κ3) is 13.0. The number of hydrogen-bond donors (Lipinski definition) is 0. The van der Waals surface area contributed by atoms with Gasteiger partial charge in [-0.2, -0.15) is 0 Å². The Morgan fingerprint density at radius 1 is 0.672 bits per heavy atom. The predicted octanol–water partition coefficient (Wildman–Crippen LogP) is 16.3. The zero-order chi connectivity index (χ0) is 41.4. The Labute approximate surface area is 358 Å². The highest BCUT2D eigenvalue weighted by atomic mass is 16.5. The molecule has 5 rings (SSSR count). The first-order valence-corrected chi connectivity index (χ1v) is 25.4. The van der Waals surface area contributed by atoms with Crippen LogP contribution in [0.4, 0.5) is 0 Å². The summed E-state index contributed by atoms with van der Waals surface area (Å²) in [7, 11) is 0. The molecule has 0 aliphatic heterocycles. The molecule has 1 aromatic rings. The maximum absolute atomic E-state index is 13.9. The molecule has 0 amide bonds. The summed E-state index contributed by atoms with van der Waals surface area (Å²) in [4.78, 5) is 13.9. The second-order valence-corrected chi connectivity index (χ2v) is 20.9. The third-order valence-electron chi connectivity index (χ3n) is 16.2. The number of hydrogen-bond acceptors (Lipinski definition) is 4. The molecule has 0 unspecified atom stereocenters. The van der Waals surface area contributed by atoms with Gasteiger partial charge in [-0.15, -0.1) is 0 Å². The lowest BCUT2D eigenvalue weighted by Gasteiger charge is -2.58. The molecule has 0 N–H and O–H groups in total. The van der Waals surface area contributed by atoms with Crippen LogP contribution >= 0.6 is 0 Å². The van der Waals surface area contributed by atoms with E-state index in [1.54, 1.807) is 5.57 Å². The van der Waals surface area contributed by atoms with Crippen LogP contribution in [0, 0.1) is 46.3 Å². The van der Waals surface area contributed by atoms with E-state index in [9.17, 15) is 4.79 Å². The Kier molecular flexibility index (Phi) is 19.4. The summed E-state index contributed by atoms with van der Waals surface area (Å²) < 4.78 is 19.0. The van der Waals surface area contributed by atoms with Gasteiger partial charge in [0.2, 0.25) is 0 Å². The van der Waals surface area contributed by atoms with Gasteiger partial charge in [0.05, 0.1) is 18.8 Å². The fourth-order valence-corrected chi connectivity index (χ4v) is 12.7. The average Bonchev–Trinajstić information content (AvgIpc) is 3.57. The van der Waals surface area contributed by atoms with Crippen LogP contribution in [-0.4, -0.2) is 25.3 Å². The van der Waals surface area contributed by atoms with Crippen molar-refractivity contribution < 1.29 is 19.0 Å². The minimum Gasteiger partial charge on any atom is -0.493 e. The van der Waals surface area contributed by atoms with Crippen molar-refractivity contribution in [3.05, 3.63) is 35.4 Å². The van der Waals surface area contributed by atoms with Crippen molar-refractivity contribution >= 4 is 5.97 Å². The topological polar surface area (TPSA) is 44.8 Å². The van der Waals surface area contributed by atoms with Crippen molar-refractivity contribution in [1.29, 1.82) is 0 Å². The summed E-state index contributed by atoms with van der Waals surface area (Å²) >= 11 is 0. The molecule has 58 heavy (non-hydrogen) atoms. The number of fused-ring (bicyclic) bond motifs is 5. The number of ether oxygens (including phenoxy) is 3. The maximum atomic E-state index is 13.9. The molecule has 0 bridgehead atoms. The molecule has 0 aromatic heterocycles. The summed E-state index contributed by atoms with van der Waals surface area (Å²) in [5, 5.41) is 0. The van der Waals surface area contributed by atoms with Gasteiger partial charge in [0.1, 0.15) is 17.6 Å². The van der Waals surface area contributed by atoms with Crippen LogP contribution in [-0.2, 0) is 4.74 Å². The fourth-order valence-electron chi connectivity index (χ4n) is 12.7. The van der Waals surface area contributed by atoms with E-state index < -0.39 is 0 Å². The maximum Gasteiger partial charge on any atom is 0.338 e. The normalized spacial score (nSPS) is 28.3. The Balaban J connectivity index is 1.16. The van der Waals surface area contributed by atoms with Crippen molar-refractivity contribution in [1.82, 2.24) is 0 Å². The van der Waals surface area contributed by atoms with Crippen LogP contribution in [0.25, 0.3) is 0 Å². The van der Waals surface area contributed by atoms with Gasteiger partial charge in [-0.1, -0.05) is 169 Å². The molecule has 330 valence electrons. The highest BCUT2D eigenvalue weighted by Gasteiger charge is 2.59. The molecule has 0 saturated heterocycles. The van der Waals surface area contributed by atoms with Gasteiger partial charge >= 0.3 is 5.97 Å². The smallest absolute Gasteiger partial charge is 0.338 e. The Morgan fingerprint density at radius 3 is 1.84 bits per heavy atom. The van der Waals surface area contributed by atoms with Crippen molar-refractivity contribution in [2.45, 2.75) is 228 Å². The van der Waals surface area contributed by atoms with E-state index in [1.165, 1.54) is 141 Å². The summed E-state index contributed by atoms with van der Waals surface area (Å²) in [6, 6.07) is 5.77. The summed E-state index contributed by atoms with van der Waals surface area (Å²) in [6.07, 6.45) is 36.9. The average molecular weight is 803 g/mol. The standard InChI is InChI=1S/C54H90O4/c1-8-10-12-14-16-18-20-22-35-56-46-37-43(38-47(40-46)57-36-23-21-19-17-15-13-11-9-2)52(55)58-45-31-33-53(6)44(39-45)27-28-48-50-30-29-49(42(5)26-24-25-41(3)4)54(50,7)34-32-51(48)53/h27,37-38,40-42,45,48-51H,8-26,28-36,39H2,1-7H3/t42-,45+,48+,49-,50+,51+,53+,54-/m1/s1. The largest absolute Gasteiger partial charge is 0.493 e. The van der Waals surface area contributed by atoms with Crippen molar-refractivity contribution in [2.75, 3.05) is 13.2 Å². The monoisotopic (exact) mass is 803 g/mol. The van der Waals surface area contributed by atoms with Crippen LogP contribution in [0.5, 0.6) is 11.5 Å². The van der Waals surface area contributed by atoms with Crippen molar-refractivity contribution in [3.8, 4) is 11.5 Å². The minimum atomic E-state index is -0.231. The van der Waals surface area contributed by atoms with Crippen LogP contribution in [0.1, 0.15) is 232 Å². The second kappa shape index (κ2) is 23.9. The minimum absolute atomic E-state index is 0.0663. The summed E-state index contributed by atoms with van der Waals surface area (Å²) in [6.45, 7) is 18.5. The van der Waals surface area contributed by atoms with Crippen LogP contribution in [0.2, 0.25) is 0 Å². The number of unbranched alkanes of at least 4 members (excludes halogenated alkanes) is 14. The van der Waals surface area contributed by atoms with E-state index in [-0.39, 0.29) is 17.5 Å². The number of esters is 1. The molecule has 3 fully saturated rings. The molecule has 8 atom stereocenters. The zero-order valence-electron chi connectivity index (χ0n) is 39.0. The molecular formula is C54H90O4. The number of carbonyl (C=O) groups is 1. The van der Waals surface area contributed by atoms with Gasteiger partial charge in [0, 0.05) is 12.5 Å². The molecule has 1 aromatic carbocycles. The number of benzene rings is 1. The Bertz CT molecular complexity index is 1340. The van der Waals surface area contributed by atoms with Crippen molar-refractivity contribution in [2.24, 2.45) is 46.3 Å². The molecule has 4 nitrogen and oxygen atoms in total. The molecule has 4 aliphatic rings.